The predicted molar refractivity (Wildman–Crippen MR) is 118 cm³/mol. The van der Waals surface area contributed by atoms with Gasteiger partial charge in [-0.25, -0.2) is 8.42 Å². The van der Waals surface area contributed by atoms with Crippen molar-refractivity contribution in [3.05, 3.63) is 40.7 Å². The molecule has 1 aromatic heterocycles. The van der Waals surface area contributed by atoms with Crippen LogP contribution in [0.2, 0.25) is 0 Å². The van der Waals surface area contributed by atoms with Gasteiger partial charge < -0.3 is 15.0 Å². The third-order valence-corrected chi connectivity index (χ3v) is 7.56. The molecule has 168 valence electrons. The monoisotopic (exact) mass is 447 g/mol. The average molecular weight is 448 g/mol. The molecule has 9 heteroatoms. The van der Waals surface area contributed by atoms with Crippen molar-refractivity contribution in [3.8, 4) is 5.75 Å². The Balaban J connectivity index is 1.96. The summed E-state index contributed by atoms with van der Waals surface area (Å²) in [6.07, 6.45) is 1.97. The number of anilines is 1. The number of aromatic nitrogens is 1. The van der Waals surface area contributed by atoms with Crippen LogP contribution in [-0.2, 0) is 16.4 Å². The van der Waals surface area contributed by atoms with E-state index >= 15 is 0 Å². The Morgan fingerprint density at radius 3 is 2.52 bits per heavy atom. The Kier molecular flexibility index (Phi) is 6.86. The van der Waals surface area contributed by atoms with Crippen LogP contribution in [0.1, 0.15) is 65.7 Å². The Morgan fingerprint density at radius 2 is 1.90 bits per heavy atom. The van der Waals surface area contributed by atoms with Crippen molar-refractivity contribution in [1.29, 1.82) is 0 Å². The van der Waals surface area contributed by atoms with Gasteiger partial charge in [-0.2, -0.15) is 4.31 Å². The molecule has 0 spiro atoms. The second-order valence-electron chi connectivity index (χ2n) is 7.39. The first-order chi connectivity index (χ1) is 14.7. The van der Waals surface area contributed by atoms with Gasteiger partial charge in [-0.15, -0.1) is 0 Å². The number of carbonyl (C=O) groups excluding carboxylic acids is 2. The smallest absolute Gasteiger partial charge is 0.272 e. The van der Waals surface area contributed by atoms with Gasteiger partial charge in [0.1, 0.15) is 16.3 Å². The van der Waals surface area contributed by atoms with Crippen LogP contribution < -0.4 is 10.1 Å². The largest absolute Gasteiger partial charge is 0.492 e. The molecule has 0 atom stereocenters. The van der Waals surface area contributed by atoms with E-state index in [1.165, 1.54) is 10.4 Å². The summed E-state index contributed by atoms with van der Waals surface area (Å²) in [5.74, 6) is -0.137. The highest BCUT2D eigenvalue weighted by Gasteiger charge is 2.28. The molecule has 1 aromatic carbocycles. The second-order valence-corrected chi connectivity index (χ2v) is 9.30. The molecule has 0 radical (unpaired) electrons. The number of sulfonamides is 1. The number of Topliss-reactive ketones (excluding diaryl/α,β-unsaturated/α-hetero) is 1. The molecule has 1 heterocycles. The first-order valence-corrected chi connectivity index (χ1v) is 12.0. The SMILES string of the molecule is CCOc1ccc(NC(=O)c2[nH]c3c(c2C)C(=O)CCC3)cc1S(=O)(=O)N(CC)CC. The molecule has 8 nitrogen and oxygen atoms in total. The number of aryl methyl sites for hydroxylation is 1. The Morgan fingerprint density at radius 1 is 1.19 bits per heavy atom. The number of H-pyrrole nitrogens is 1. The van der Waals surface area contributed by atoms with E-state index in [9.17, 15) is 18.0 Å². The number of ether oxygens (including phenoxy) is 1. The number of aromatic amines is 1. The summed E-state index contributed by atoms with van der Waals surface area (Å²) in [4.78, 5) is 28.3. The highest BCUT2D eigenvalue weighted by Crippen LogP contribution is 2.31. The molecule has 0 saturated heterocycles. The van der Waals surface area contributed by atoms with E-state index in [4.69, 9.17) is 4.74 Å². The number of nitrogens with one attached hydrogen (secondary N) is 2. The Bertz CT molecular complexity index is 1100. The highest BCUT2D eigenvalue weighted by molar-refractivity contribution is 7.89. The average Bonchev–Trinajstić information content (AvgIpc) is 3.08. The molecule has 31 heavy (non-hydrogen) atoms. The lowest BCUT2D eigenvalue weighted by Crippen LogP contribution is -2.31. The number of fused-ring (bicyclic) bond motifs is 1. The maximum atomic E-state index is 13.1. The summed E-state index contributed by atoms with van der Waals surface area (Å²) < 4.78 is 33.1. The van der Waals surface area contributed by atoms with Crippen molar-refractivity contribution < 1.29 is 22.7 Å². The molecule has 1 aliphatic rings. The number of hydrogen-bond donors (Lipinski definition) is 2. The summed E-state index contributed by atoms with van der Waals surface area (Å²) in [7, 11) is -3.79. The van der Waals surface area contributed by atoms with Gasteiger partial charge in [0.05, 0.1) is 6.61 Å². The predicted octanol–water partition coefficient (Wildman–Crippen LogP) is 3.52. The molecule has 2 aromatic rings. The van der Waals surface area contributed by atoms with Crippen molar-refractivity contribution >= 4 is 27.4 Å². The number of rotatable bonds is 8. The number of nitrogens with zero attached hydrogens (tertiary/aromatic N) is 1. The van der Waals surface area contributed by atoms with E-state index in [2.05, 4.69) is 10.3 Å². The lowest BCUT2D eigenvalue weighted by atomic mass is 9.94. The van der Waals surface area contributed by atoms with E-state index in [1.807, 2.05) is 0 Å². The summed E-state index contributed by atoms with van der Waals surface area (Å²) in [5.41, 5.74) is 2.67. The summed E-state index contributed by atoms with van der Waals surface area (Å²) in [6.45, 7) is 8.02. The van der Waals surface area contributed by atoms with E-state index in [-0.39, 0.29) is 16.4 Å². The van der Waals surface area contributed by atoms with Crippen molar-refractivity contribution in [2.75, 3.05) is 25.0 Å². The zero-order chi connectivity index (χ0) is 22.8. The van der Waals surface area contributed by atoms with Crippen LogP contribution in [0.3, 0.4) is 0 Å². The van der Waals surface area contributed by atoms with Crippen LogP contribution in [0.4, 0.5) is 5.69 Å². The fourth-order valence-electron chi connectivity index (χ4n) is 3.96. The number of carbonyl (C=O) groups is 2. The maximum absolute atomic E-state index is 13.1. The van der Waals surface area contributed by atoms with Gasteiger partial charge in [0, 0.05) is 36.5 Å². The highest BCUT2D eigenvalue weighted by atomic mass is 32.2. The molecular weight excluding hydrogens is 418 g/mol. The number of amides is 1. The van der Waals surface area contributed by atoms with Crippen LogP contribution in [0, 0.1) is 6.92 Å². The van der Waals surface area contributed by atoms with Gasteiger partial charge in [-0.05, 0) is 50.5 Å². The molecule has 0 saturated carbocycles. The van der Waals surface area contributed by atoms with Gasteiger partial charge in [0.25, 0.3) is 5.91 Å². The standard InChI is InChI=1S/C22H29N3O5S/c1-5-25(6-2)31(28,29)19-13-15(11-12-18(19)30-7-3)23-22(27)21-14(4)20-16(24-21)9-8-10-17(20)26/h11-13,24H,5-10H2,1-4H3,(H,23,27). The number of benzene rings is 1. The van der Waals surface area contributed by atoms with Crippen molar-refractivity contribution in [1.82, 2.24) is 9.29 Å². The van der Waals surface area contributed by atoms with E-state index in [0.29, 0.717) is 48.6 Å². The lowest BCUT2D eigenvalue weighted by molar-refractivity contribution is 0.0971. The molecule has 0 unspecified atom stereocenters. The maximum Gasteiger partial charge on any atom is 0.272 e. The van der Waals surface area contributed by atoms with Gasteiger partial charge >= 0.3 is 0 Å². The minimum absolute atomic E-state index is 0.00790. The van der Waals surface area contributed by atoms with Crippen LogP contribution in [0.5, 0.6) is 5.75 Å². The molecule has 2 N–H and O–H groups in total. The van der Waals surface area contributed by atoms with E-state index < -0.39 is 15.9 Å². The summed E-state index contributed by atoms with van der Waals surface area (Å²) >= 11 is 0. The minimum Gasteiger partial charge on any atom is -0.492 e. The first kappa shape index (κ1) is 23.0. The third kappa shape index (κ3) is 4.38. The van der Waals surface area contributed by atoms with Gasteiger partial charge in [0.15, 0.2) is 5.78 Å². The fourth-order valence-corrected chi connectivity index (χ4v) is 5.57. The minimum atomic E-state index is -3.79. The zero-order valence-corrected chi connectivity index (χ0v) is 19.2. The Labute approximate surface area is 183 Å². The number of ketones is 1. The second kappa shape index (κ2) is 9.23. The van der Waals surface area contributed by atoms with Crippen molar-refractivity contribution in [2.24, 2.45) is 0 Å². The zero-order valence-electron chi connectivity index (χ0n) is 18.4. The molecule has 0 bridgehead atoms. The van der Waals surface area contributed by atoms with Crippen LogP contribution in [0.25, 0.3) is 0 Å². The molecular formula is C22H29N3O5S. The summed E-state index contributed by atoms with van der Waals surface area (Å²) in [5, 5.41) is 2.76. The molecule has 0 fully saturated rings. The fraction of sp³-hybridized carbons (Fsp3) is 0.455. The normalized spacial score (nSPS) is 13.9. The quantitative estimate of drug-likeness (QED) is 0.644. The Hall–Kier alpha value is -2.65. The molecule has 3 rings (SSSR count). The van der Waals surface area contributed by atoms with Gasteiger partial charge in [-0.1, -0.05) is 13.8 Å². The molecule has 1 amide bonds. The topological polar surface area (TPSA) is 109 Å². The van der Waals surface area contributed by atoms with Gasteiger partial charge in [0.2, 0.25) is 10.0 Å². The first-order valence-electron chi connectivity index (χ1n) is 10.6. The van der Waals surface area contributed by atoms with Crippen LogP contribution >= 0.6 is 0 Å². The molecule has 1 aliphatic carbocycles. The van der Waals surface area contributed by atoms with Crippen LogP contribution in [-0.4, -0.2) is 49.1 Å². The molecule has 0 aliphatic heterocycles. The van der Waals surface area contributed by atoms with Crippen molar-refractivity contribution in [2.45, 2.75) is 51.9 Å². The van der Waals surface area contributed by atoms with Gasteiger partial charge in [-0.3, -0.25) is 9.59 Å². The van der Waals surface area contributed by atoms with E-state index in [0.717, 1.165) is 18.5 Å². The van der Waals surface area contributed by atoms with E-state index in [1.54, 1.807) is 39.8 Å². The lowest BCUT2D eigenvalue weighted by Gasteiger charge is -2.21. The third-order valence-electron chi connectivity index (χ3n) is 5.49. The van der Waals surface area contributed by atoms with Crippen molar-refractivity contribution in [3.63, 3.8) is 0 Å². The number of hydrogen-bond acceptors (Lipinski definition) is 5. The summed E-state index contributed by atoms with van der Waals surface area (Å²) in [6, 6.07) is 4.57. The van der Waals surface area contributed by atoms with Crippen LogP contribution in [0.15, 0.2) is 23.1 Å².